The van der Waals surface area contributed by atoms with E-state index in [-0.39, 0.29) is 11.5 Å². The van der Waals surface area contributed by atoms with Gasteiger partial charge in [-0.25, -0.2) is 0 Å². The number of rotatable bonds is 3. The third-order valence-electron chi connectivity index (χ3n) is 6.20. The van der Waals surface area contributed by atoms with Gasteiger partial charge in [0.2, 0.25) is 5.79 Å². The molecule has 0 saturated carbocycles. The van der Waals surface area contributed by atoms with Crippen molar-refractivity contribution in [3.63, 3.8) is 0 Å². The van der Waals surface area contributed by atoms with Gasteiger partial charge in [-0.15, -0.1) is 0 Å². The fourth-order valence-electron chi connectivity index (χ4n) is 4.77. The molecule has 1 fully saturated rings. The minimum Gasteiger partial charge on any atom is -0.462 e. The predicted octanol–water partition coefficient (Wildman–Crippen LogP) is 6.02. The lowest BCUT2D eigenvalue weighted by Gasteiger charge is -2.39. The second-order valence-corrected chi connectivity index (χ2v) is 8.82. The van der Waals surface area contributed by atoms with Crippen LogP contribution in [0.1, 0.15) is 35.6 Å². The number of fused-ring (bicyclic) bond motifs is 1. The summed E-state index contributed by atoms with van der Waals surface area (Å²) >= 11 is 3.56. The Balaban J connectivity index is 1.58. The van der Waals surface area contributed by atoms with Crippen molar-refractivity contribution in [1.82, 2.24) is 0 Å². The molecule has 0 radical (unpaired) electrons. The largest absolute Gasteiger partial charge is 0.462 e. The third kappa shape index (κ3) is 3.20. The van der Waals surface area contributed by atoms with Crippen LogP contribution in [-0.2, 0) is 14.9 Å². The highest BCUT2D eigenvalue weighted by Crippen LogP contribution is 2.53. The fraction of sp³-hybridized carbons (Fsp3) is 0.280. The van der Waals surface area contributed by atoms with Crippen LogP contribution in [0.25, 0.3) is 0 Å². The third-order valence-corrected chi connectivity index (χ3v) is 6.69. The van der Waals surface area contributed by atoms with Gasteiger partial charge in [0.05, 0.1) is 12.7 Å². The van der Waals surface area contributed by atoms with Crippen molar-refractivity contribution in [2.75, 3.05) is 13.7 Å². The second kappa shape index (κ2) is 7.28. The molecular formula is C25H23BrO3. The maximum absolute atomic E-state index is 6.54. The van der Waals surface area contributed by atoms with Gasteiger partial charge in [0.25, 0.3) is 0 Å². The summed E-state index contributed by atoms with van der Waals surface area (Å²) in [7, 11) is 1.75. The van der Waals surface area contributed by atoms with Crippen molar-refractivity contribution in [3.05, 3.63) is 100 Å². The Hall–Kier alpha value is -2.14. The Morgan fingerprint density at radius 1 is 0.931 bits per heavy atom. The molecule has 4 heteroatoms. The van der Waals surface area contributed by atoms with E-state index in [4.69, 9.17) is 14.2 Å². The summed E-state index contributed by atoms with van der Waals surface area (Å²) < 4.78 is 19.9. The van der Waals surface area contributed by atoms with E-state index in [0.29, 0.717) is 13.0 Å². The first-order valence-corrected chi connectivity index (χ1v) is 10.7. The molecule has 3 nitrogen and oxygen atoms in total. The molecule has 0 aromatic heterocycles. The van der Waals surface area contributed by atoms with Gasteiger partial charge in [0.1, 0.15) is 5.75 Å². The standard InChI is InChI=1S/C25H23BrO3/c1-27-23-15-25(29-22-13-12-20(26)14-21(22)23)16-24(17-28-25,18-8-4-2-5-9-18)19-10-6-3-7-11-19/h2-14,23H,15-17H2,1H3/t23-,25-/m0/s1. The molecule has 5 rings (SSSR count). The lowest BCUT2D eigenvalue weighted by atomic mass is 9.71. The van der Waals surface area contributed by atoms with E-state index in [1.54, 1.807) is 7.11 Å². The maximum atomic E-state index is 6.54. The zero-order valence-electron chi connectivity index (χ0n) is 16.3. The van der Waals surface area contributed by atoms with E-state index in [2.05, 4.69) is 82.7 Å². The topological polar surface area (TPSA) is 27.7 Å². The lowest BCUT2D eigenvalue weighted by molar-refractivity contribution is -0.184. The molecule has 2 atom stereocenters. The molecule has 1 saturated heterocycles. The van der Waals surface area contributed by atoms with E-state index >= 15 is 0 Å². The monoisotopic (exact) mass is 450 g/mol. The highest BCUT2D eigenvalue weighted by molar-refractivity contribution is 9.10. The quantitative estimate of drug-likeness (QED) is 0.487. The molecule has 148 valence electrons. The van der Waals surface area contributed by atoms with E-state index in [1.807, 2.05) is 12.1 Å². The SMILES string of the molecule is CO[C@H]1C[C@@]2(CC(c3ccccc3)(c3ccccc3)CO2)Oc2ccc(Br)cc21. The van der Waals surface area contributed by atoms with Gasteiger partial charge in [-0.2, -0.15) is 0 Å². The van der Waals surface area contributed by atoms with Crippen molar-refractivity contribution in [2.24, 2.45) is 0 Å². The van der Waals surface area contributed by atoms with E-state index in [9.17, 15) is 0 Å². The zero-order chi connectivity index (χ0) is 19.9. The van der Waals surface area contributed by atoms with Gasteiger partial charge in [0.15, 0.2) is 0 Å². The van der Waals surface area contributed by atoms with Gasteiger partial charge >= 0.3 is 0 Å². The number of halogens is 1. The van der Waals surface area contributed by atoms with E-state index < -0.39 is 5.79 Å². The van der Waals surface area contributed by atoms with Crippen LogP contribution in [0.5, 0.6) is 5.75 Å². The van der Waals surface area contributed by atoms with Gasteiger partial charge in [0, 0.05) is 35.4 Å². The number of hydrogen-bond donors (Lipinski definition) is 0. The van der Waals surface area contributed by atoms with Crippen LogP contribution < -0.4 is 4.74 Å². The fourth-order valence-corrected chi connectivity index (χ4v) is 5.15. The van der Waals surface area contributed by atoms with Crippen molar-refractivity contribution in [1.29, 1.82) is 0 Å². The minimum absolute atomic E-state index is 0.0707. The molecular weight excluding hydrogens is 428 g/mol. The summed E-state index contributed by atoms with van der Waals surface area (Å²) in [5, 5.41) is 0. The molecule has 1 spiro atoms. The van der Waals surface area contributed by atoms with Crippen LogP contribution >= 0.6 is 15.9 Å². The van der Waals surface area contributed by atoms with Crippen molar-refractivity contribution >= 4 is 15.9 Å². The summed E-state index contributed by atoms with van der Waals surface area (Å²) in [5.41, 5.74) is 3.31. The van der Waals surface area contributed by atoms with Crippen LogP contribution in [0.15, 0.2) is 83.3 Å². The molecule has 2 aliphatic heterocycles. The lowest BCUT2D eigenvalue weighted by Crippen LogP contribution is -2.42. The Labute approximate surface area is 179 Å². The highest BCUT2D eigenvalue weighted by atomic mass is 79.9. The molecule has 29 heavy (non-hydrogen) atoms. The van der Waals surface area contributed by atoms with Crippen LogP contribution in [0.2, 0.25) is 0 Å². The smallest absolute Gasteiger partial charge is 0.214 e. The molecule has 0 N–H and O–H groups in total. The maximum Gasteiger partial charge on any atom is 0.214 e. The molecule has 0 aliphatic carbocycles. The van der Waals surface area contributed by atoms with Crippen molar-refractivity contribution < 1.29 is 14.2 Å². The summed E-state index contributed by atoms with van der Waals surface area (Å²) in [5.74, 6) is 0.121. The molecule has 0 unspecified atom stereocenters. The van der Waals surface area contributed by atoms with Gasteiger partial charge < -0.3 is 14.2 Å². The average molecular weight is 451 g/mol. The van der Waals surface area contributed by atoms with Crippen molar-refractivity contribution in [3.8, 4) is 5.75 Å². The highest BCUT2D eigenvalue weighted by Gasteiger charge is 2.55. The van der Waals surface area contributed by atoms with Crippen molar-refractivity contribution in [2.45, 2.75) is 30.1 Å². The number of hydrogen-bond acceptors (Lipinski definition) is 3. The van der Waals surface area contributed by atoms with Gasteiger partial charge in [-0.3, -0.25) is 0 Å². The summed E-state index contributed by atoms with van der Waals surface area (Å²) in [6.45, 7) is 0.573. The molecule has 2 heterocycles. The molecule has 3 aromatic rings. The van der Waals surface area contributed by atoms with Crippen LogP contribution in [0.3, 0.4) is 0 Å². The first-order chi connectivity index (χ1) is 14.1. The Morgan fingerprint density at radius 2 is 1.59 bits per heavy atom. The Morgan fingerprint density at radius 3 is 2.21 bits per heavy atom. The summed E-state index contributed by atoms with van der Waals surface area (Å²) in [4.78, 5) is 0. The molecule has 0 amide bonds. The number of ether oxygens (including phenoxy) is 3. The summed E-state index contributed by atoms with van der Waals surface area (Å²) in [6, 6.07) is 27.3. The zero-order valence-corrected chi connectivity index (χ0v) is 17.9. The number of benzene rings is 3. The first kappa shape index (κ1) is 18.9. The summed E-state index contributed by atoms with van der Waals surface area (Å²) in [6.07, 6.45) is 1.33. The first-order valence-electron chi connectivity index (χ1n) is 9.90. The Kier molecular flexibility index (Phi) is 4.73. The minimum atomic E-state index is -0.715. The molecule has 0 bridgehead atoms. The van der Waals surface area contributed by atoms with Gasteiger partial charge in [-0.05, 0) is 29.3 Å². The average Bonchev–Trinajstić information content (AvgIpc) is 3.15. The van der Waals surface area contributed by atoms with E-state index in [0.717, 1.165) is 22.2 Å². The second-order valence-electron chi connectivity index (χ2n) is 7.90. The normalized spacial score (nSPS) is 24.8. The van der Waals surface area contributed by atoms with Crippen LogP contribution in [0.4, 0.5) is 0 Å². The van der Waals surface area contributed by atoms with E-state index in [1.165, 1.54) is 11.1 Å². The van der Waals surface area contributed by atoms with Crippen LogP contribution in [-0.4, -0.2) is 19.5 Å². The Bertz CT molecular complexity index is 966. The number of methoxy groups -OCH3 is 1. The van der Waals surface area contributed by atoms with Gasteiger partial charge in [-0.1, -0.05) is 76.6 Å². The molecule has 2 aliphatic rings. The molecule has 3 aromatic carbocycles. The predicted molar refractivity (Wildman–Crippen MR) is 116 cm³/mol. The van der Waals surface area contributed by atoms with Crippen LogP contribution in [0, 0.1) is 0 Å².